The highest BCUT2D eigenvalue weighted by Gasteiger charge is 2.38. The van der Waals surface area contributed by atoms with Crippen LogP contribution in [0.15, 0.2) is 42.5 Å². The van der Waals surface area contributed by atoms with Crippen molar-refractivity contribution in [3.8, 4) is 0 Å². The lowest BCUT2D eigenvalue weighted by Gasteiger charge is -2.19. The summed E-state index contributed by atoms with van der Waals surface area (Å²) in [4.78, 5) is 33.8. The molecule has 3 rings (SSSR count). The Labute approximate surface area is 217 Å². The first-order valence-corrected chi connectivity index (χ1v) is 13.2. The molecule has 2 aromatic carbocycles. The first kappa shape index (κ1) is 30.4. The third kappa shape index (κ3) is 11.0. The third-order valence-electron chi connectivity index (χ3n) is 5.54. The monoisotopic (exact) mass is 543 g/mol. The van der Waals surface area contributed by atoms with E-state index in [1.54, 1.807) is 11.8 Å². The summed E-state index contributed by atoms with van der Waals surface area (Å²) in [6, 6.07) is 14.0. The fraction of sp³-hybridized carbons (Fsp3) is 0.480. The van der Waals surface area contributed by atoms with Crippen molar-refractivity contribution < 1.29 is 37.4 Å². The summed E-state index contributed by atoms with van der Waals surface area (Å²) < 4.78 is 37.2. The van der Waals surface area contributed by atoms with Crippen molar-refractivity contribution in [2.24, 2.45) is 0 Å². The number of carboxylic acid groups (broad SMARTS) is 1. The van der Waals surface area contributed by atoms with Crippen LogP contribution < -0.4 is 16.0 Å². The molecule has 8 nitrogen and oxygen atoms in total. The van der Waals surface area contributed by atoms with Gasteiger partial charge in [0.15, 0.2) is 0 Å². The van der Waals surface area contributed by atoms with Gasteiger partial charge in [0.2, 0.25) is 5.91 Å². The minimum absolute atomic E-state index is 0.149. The molecule has 2 aromatic rings. The highest BCUT2D eigenvalue weighted by atomic mass is 32.2. The summed E-state index contributed by atoms with van der Waals surface area (Å²) in [5.41, 5.74) is 1.14. The van der Waals surface area contributed by atoms with Crippen LogP contribution in [-0.2, 0) is 25.7 Å². The van der Waals surface area contributed by atoms with E-state index < -0.39 is 18.2 Å². The average Bonchev–Trinajstić information content (AvgIpc) is 3.39. The molecule has 1 aliphatic rings. The van der Waals surface area contributed by atoms with Crippen LogP contribution in [0, 0.1) is 0 Å². The highest BCUT2D eigenvalue weighted by Crippen LogP contribution is 2.18. The van der Waals surface area contributed by atoms with Gasteiger partial charge in [-0.25, -0.2) is 9.59 Å². The number of carboxylic acids is 1. The zero-order valence-corrected chi connectivity index (χ0v) is 21.3. The zero-order valence-electron chi connectivity index (χ0n) is 20.5. The second kappa shape index (κ2) is 15.4. The van der Waals surface area contributed by atoms with Crippen molar-refractivity contribution in [2.45, 2.75) is 44.1 Å². The van der Waals surface area contributed by atoms with Gasteiger partial charge in [-0.05, 0) is 54.2 Å². The maximum absolute atomic E-state index is 12.5. The molecule has 204 valence electrons. The van der Waals surface area contributed by atoms with Crippen LogP contribution >= 0.6 is 11.8 Å². The SMILES string of the molecule is CSCCC(NC(=O)CNCc1cccc2ccccc12)C(=O)OC[C@@H]1CCCN1.O=C(O)C(F)(F)F. The smallest absolute Gasteiger partial charge is 0.475 e. The van der Waals surface area contributed by atoms with Crippen LogP contribution in [0.5, 0.6) is 0 Å². The molecule has 2 atom stereocenters. The third-order valence-corrected chi connectivity index (χ3v) is 6.19. The van der Waals surface area contributed by atoms with Gasteiger partial charge in [-0.15, -0.1) is 0 Å². The standard InChI is InChI=1S/C23H31N3O3S.C2HF3O2/c1-30-13-11-21(23(28)29-16-19-9-5-12-25-19)26-22(27)15-24-14-18-8-4-7-17-6-2-3-10-20(17)18;3-2(4,5)1(6)7/h2-4,6-8,10,19,21,24-25H,5,9,11-16H2,1H3,(H,26,27);(H,6,7)/t19-,21?;/m0./s1. The predicted molar refractivity (Wildman–Crippen MR) is 136 cm³/mol. The number of hydrogen-bond donors (Lipinski definition) is 4. The van der Waals surface area contributed by atoms with Crippen molar-refractivity contribution >= 4 is 40.4 Å². The molecule has 0 aliphatic carbocycles. The van der Waals surface area contributed by atoms with E-state index in [9.17, 15) is 22.8 Å². The number of ether oxygens (including phenoxy) is 1. The molecule has 0 aromatic heterocycles. The molecule has 1 aliphatic heterocycles. The molecule has 0 bridgehead atoms. The number of nitrogens with one attached hydrogen (secondary N) is 3. The number of aliphatic carboxylic acids is 1. The molecule has 1 saturated heterocycles. The Morgan fingerprint density at radius 2 is 1.89 bits per heavy atom. The molecule has 37 heavy (non-hydrogen) atoms. The minimum Gasteiger partial charge on any atom is -0.475 e. The van der Waals surface area contributed by atoms with Crippen LogP contribution in [-0.4, -0.2) is 72.9 Å². The number of alkyl halides is 3. The summed E-state index contributed by atoms with van der Waals surface area (Å²) in [5, 5.41) is 18.8. The van der Waals surface area contributed by atoms with Crippen molar-refractivity contribution in [1.29, 1.82) is 0 Å². The second-order valence-corrected chi connectivity index (χ2v) is 9.36. The Morgan fingerprint density at radius 1 is 1.19 bits per heavy atom. The topological polar surface area (TPSA) is 117 Å². The predicted octanol–water partition coefficient (Wildman–Crippen LogP) is 3.10. The van der Waals surface area contributed by atoms with E-state index in [1.165, 1.54) is 10.8 Å². The highest BCUT2D eigenvalue weighted by molar-refractivity contribution is 7.98. The van der Waals surface area contributed by atoms with Crippen molar-refractivity contribution in [3.05, 3.63) is 48.0 Å². The second-order valence-electron chi connectivity index (χ2n) is 8.37. The number of benzene rings is 2. The number of thioether (sulfide) groups is 1. The van der Waals surface area contributed by atoms with E-state index in [0.717, 1.165) is 30.7 Å². The molecule has 1 unspecified atom stereocenters. The lowest BCUT2D eigenvalue weighted by molar-refractivity contribution is -0.192. The summed E-state index contributed by atoms with van der Waals surface area (Å²) in [6.45, 7) is 2.07. The first-order chi connectivity index (χ1) is 17.6. The number of amides is 1. The van der Waals surface area contributed by atoms with E-state index in [1.807, 2.05) is 24.5 Å². The number of fused-ring (bicyclic) bond motifs is 1. The van der Waals surface area contributed by atoms with Gasteiger partial charge < -0.3 is 25.8 Å². The number of esters is 1. The molecular formula is C25H32F3N3O5S. The Morgan fingerprint density at radius 3 is 2.54 bits per heavy atom. The number of hydrogen-bond acceptors (Lipinski definition) is 7. The first-order valence-electron chi connectivity index (χ1n) is 11.8. The van der Waals surface area contributed by atoms with Crippen molar-refractivity contribution in [3.63, 3.8) is 0 Å². The fourth-order valence-electron chi connectivity index (χ4n) is 3.67. The van der Waals surface area contributed by atoms with Gasteiger partial charge in [0.1, 0.15) is 12.6 Å². The van der Waals surface area contributed by atoms with Crippen molar-refractivity contribution in [2.75, 3.05) is 31.7 Å². The molecular weight excluding hydrogens is 511 g/mol. The maximum atomic E-state index is 12.5. The summed E-state index contributed by atoms with van der Waals surface area (Å²) in [6.07, 6.45) is -0.407. The Hall–Kier alpha value is -2.83. The quantitative estimate of drug-likeness (QED) is 0.320. The molecule has 1 amide bonds. The number of halogens is 3. The van der Waals surface area contributed by atoms with Crippen LogP contribution in [0.25, 0.3) is 10.8 Å². The Balaban J connectivity index is 0.000000604. The average molecular weight is 544 g/mol. The summed E-state index contributed by atoms with van der Waals surface area (Å²) >= 11 is 1.65. The Bertz CT molecular complexity index is 1030. The number of carbonyl (C=O) groups is 3. The van der Waals surface area contributed by atoms with E-state index in [2.05, 4.69) is 40.2 Å². The van der Waals surface area contributed by atoms with E-state index in [0.29, 0.717) is 19.6 Å². The molecule has 4 N–H and O–H groups in total. The summed E-state index contributed by atoms with van der Waals surface area (Å²) in [5.74, 6) is -2.52. The van der Waals surface area contributed by atoms with E-state index >= 15 is 0 Å². The van der Waals surface area contributed by atoms with Gasteiger partial charge in [0.25, 0.3) is 0 Å². The largest absolute Gasteiger partial charge is 0.490 e. The van der Waals surface area contributed by atoms with Gasteiger partial charge in [-0.2, -0.15) is 24.9 Å². The molecule has 0 spiro atoms. The van der Waals surface area contributed by atoms with Gasteiger partial charge in [0, 0.05) is 12.6 Å². The van der Waals surface area contributed by atoms with Gasteiger partial charge in [-0.1, -0.05) is 42.5 Å². The molecule has 1 heterocycles. The lowest BCUT2D eigenvalue weighted by atomic mass is 10.0. The maximum Gasteiger partial charge on any atom is 0.490 e. The molecule has 1 fully saturated rings. The lowest BCUT2D eigenvalue weighted by Crippen LogP contribution is -2.46. The number of rotatable bonds is 11. The summed E-state index contributed by atoms with van der Waals surface area (Å²) in [7, 11) is 0. The van der Waals surface area contributed by atoms with Crippen LogP contribution in [0.1, 0.15) is 24.8 Å². The zero-order chi connectivity index (χ0) is 27.3. The van der Waals surface area contributed by atoms with Gasteiger partial charge in [0.05, 0.1) is 6.54 Å². The fourth-order valence-corrected chi connectivity index (χ4v) is 4.14. The van der Waals surface area contributed by atoms with Gasteiger partial charge >= 0.3 is 18.1 Å². The molecule has 0 radical (unpaired) electrons. The van der Waals surface area contributed by atoms with Crippen LogP contribution in [0.4, 0.5) is 13.2 Å². The van der Waals surface area contributed by atoms with E-state index in [4.69, 9.17) is 14.6 Å². The van der Waals surface area contributed by atoms with Gasteiger partial charge in [-0.3, -0.25) is 4.79 Å². The minimum atomic E-state index is -5.08. The Kier molecular flexibility index (Phi) is 12.7. The number of carbonyl (C=O) groups excluding carboxylic acids is 2. The molecule has 0 saturated carbocycles. The van der Waals surface area contributed by atoms with E-state index in [-0.39, 0.29) is 24.5 Å². The van der Waals surface area contributed by atoms with Crippen molar-refractivity contribution in [1.82, 2.24) is 16.0 Å². The van der Waals surface area contributed by atoms with Crippen LogP contribution in [0.3, 0.4) is 0 Å². The van der Waals surface area contributed by atoms with Crippen LogP contribution in [0.2, 0.25) is 0 Å². The normalized spacial score (nSPS) is 15.9. The molecule has 12 heteroatoms.